The van der Waals surface area contributed by atoms with Crippen LogP contribution in [0.15, 0.2) is 30.7 Å². The molecule has 1 saturated heterocycles. The number of aromatic amines is 1. The average Bonchev–Trinajstić information content (AvgIpc) is 3.25. The number of ether oxygens (including phenoxy) is 1. The van der Waals surface area contributed by atoms with Crippen molar-refractivity contribution in [2.24, 2.45) is 0 Å². The largest absolute Gasteiger partial charge is 0.380 e. The van der Waals surface area contributed by atoms with Gasteiger partial charge in [-0.05, 0) is 12.5 Å². The van der Waals surface area contributed by atoms with E-state index in [2.05, 4.69) is 20.2 Å². The van der Waals surface area contributed by atoms with E-state index in [1.54, 1.807) is 4.90 Å². The number of carbonyl (C=O) groups is 1. The molecule has 0 saturated carbocycles. The number of imidazole rings is 1. The summed E-state index contributed by atoms with van der Waals surface area (Å²) in [7, 11) is -3.78. The van der Waals surface area contributed by atoms with E-state index in [4.69, 9.17) is 4.74 Å². The molecule has 13 heteroatoms. The summed E-state index contributed by atoms with van der Waals surface area (Å²) in [6.45, 7) is 2.11. The molecule has 0 aromatic carbocycles. The van der Waals surface area contributed by atoms with Crippen LogP contribution in [0.1, 0.15) is 28.3 Å². The zero-order chi connectivity index (χ0) is 23.9. The number of fused-ring (bicyclic) bond motifs is 2. The van der Waals surface area contributed by atoms with Gasteiger partial charge < -0.3 is 9.64 Å². The molecule has 1 N–H and O–H groups in total. The van der Waals surface area contributed by atoms with E-state index in [9.17, 15) is 22.0 Å². The molecule has 1 aliphatic heterocycles. The summed E-state index contributed by atoms with van der Waals surface area (Å²) in [4.78, 5) is 22.5. The number of amides is 1. The molecule has 0 radical (unpaired) electrons. The molecule has 0 aliphatic carbocycles. The molecule has 1 aliphatic rings. The SMILES string of the molecule is O=C(c1cc2n[nH]c(CS(=O)(=O)Cc3cnc4c(F)cc(F)cn34)c2cn1)N1CCCOCC1. The van der Waals surface area contributed by atoms with Crippen molar-refractivity contribution < 1.29 is 26.7 Å². The van der Waals surface area contributed by atoms with E-state index in [1.807, 2.05) is 0 Å². The highest BCUT2D eigenvalue weighted by Gasteiger charge is 2.23. The molecule has 0 atom stereocenters. The summed E-state index contributed by atoms with van der Waals surface area (Å²) in [5.74, 6) is -2.86. The molecule has 4 aromatic heterocycles. The van der Waals surface area contributed by atoms with Gasteiger partial charge in [0, 0.05) is 43.5 Å². The summed E-state index contributed by atoms with van der Waals surface area (Å²) in [5.41, 5.74) is 0.898. The molecule has 34 heavy (non-hydrogen) atoms. The number of hydrogen-bond donors (Lipinski definition) is 1. The Labute approximate surface area is 192 Å². The fourth-order valence-corrected chi connectivity index (χ4v) is 5.39. The van der Waals surface area contributed by atoms with Crippen LogP contribution in [-0.2, 0) is 26.1 Å². The number of H-pyrrole nitrogens is 1. The van der Waals surface area contributed by atoms with Crippen molar-refractivity contribution in [1.82, 2.24) is 29.5 Å². The van der Waals surface area contributed by atoms with Gasteiger partial charge in [0.15, 0.2) is 21.3 Å². The molecule has 0 bridgehead atoms. The van der Waals surface area contributed by atoms with Crippen molar-refractivity contribution >= 4 is 32.3 Å². The normalized spacial score (nSPS) is 15.2. The fourth-order valence-electron chi connectivity index (χ4n) is 3.96. The predicted molar refractivity (Wildman–Crippen MR) is 117 cm³/mol. The molecule has 178 valence electrons. The number of hydrogen-bond acceptors (Lipinski definition) is 7. The van der Waals surface area contributed by atoms with Gasteiger partial charge in [-0.3, -0.25) is 19.3 Å². The lowest BCUT2D eigenvalue weighted by molar-refractivity contribution is 0.0735. The van der Waals surface area contributed by atoms with E-state index < -0.39 is 33.0 Å². The molecule has 5 heterocycles. The standard InChI is InChI=1S/C21H20F2N6O4S/c22-13-6-16(23)20-25-8-14(29(20)10-13)11-34(31,32)12-19-15-9-24-18(7-17(15)26-27-19)21(30)28-2-1-4-33-5-3-28/h6-10H,1-5,11-12H2,(H,26,27). The Morgan fingerprint density at radius 1 is 1.12 bits per heavy atom. The first-order chi connectivity index (χ1) is 16.3. The first kappa shape index (κ1) is 22.3. The number of rotatable bonds is 5. The Morgan fingerprint density at radius 2 is 1.97 bits per heavy atom. The smallest absolute Gasteiger partial charge is 0.272 e. The molecular weight excluding hydrogens is 470 g/mol. The number of halogens is 2. The number of sulfone groups is 1. The van der Waals surface area contributed by atoms with Crippen LogP contribution in [-0.4, -0.2) is 70.1 Å². The van der Waals surface area contributed by atoms with Crippen LogP contribution in [0.5, 0.6) is 0 Å². The summed E-state index contributed by atoms with van der Waals surface area (Å²) in [6.07, 6.45) is 4.35. The van der Waals surface area contributed by atoms with Crippen LogP contribution in [0, 0.1) is 11.6 Å². The Hall–Kier alpha value is -3.45. The Morgan fingerprint density at radius 3 is 2.82 bits per heavy atom. The van der Waals surface area contributed by atoms with Gasteiger partial charge in [0.1, 0.15) is 11.5 Å². The van der Waals surface area contributed by atoms with Gasteiger partial charge in [-0.1, -0.05) is 0 Å². The third-order valence-corrected chi connectivity index (χ3v) is 7.05. The quantitative estimate of drug-likeness (QED) is 0.453. The minimum absolute atomic E-state index is 0.129. The van der Waals surface area contributed by atoms with Gasteiger partial charge in [0.2, 0.25) is 0 Å². The van der Waals surface area contributed by atoms with Crippen molar-refractivity contribution in [3.05, 3.63) is 59.4 Å². The minimum Gasteiger partial charge on any atom is -0.380 e. The Kier molecular flexibility index (Phi) is 5.73. The maximum absolute atomic E-state index is 13.9. The highest BCUT2D eigenvalue weighted by Crippen LogP contribution is 2.21. The molecule has 4 aromatic rings. The van der Waals surface area contributed by atoms with Gasteiger partial charge in [0.25, 0.3) is 5.91 Å². The summed E-state index contributed by atoms with van der Waals surface area (Å²) in [6, 6.07) is 2.20. The Balaban J connectivity index is 1.37. The number of aromatic nitrogens is 5. The lowest BCUT2D eigenvalue weighted by Crippen LogP contribution is -2.33. The molecule has 0 spiro atoms. The van der Waals surface area contributed by atoms with Crippen molar-refractivity contribution in [3.8, 4) is 0 Å². The monoisotopic (exact) mass is 490 g/mol. The van der Waals surface area contributed by atoms with Crippen LogP contribution < -0.4 is 0 Å². The van der Waals surface area contributed by atoms with Gasteiger partial charge >= 0.3 is 0 Å². The fraction of sp³-hybridized carbons (Fsp3) is 0.333. The maximum Gasteiger partial charge on any atom is 0.272 e. The summed E-state index contributed by atoms with van der Waals surface area (Å²) in [5, 5.41) is 7.31. The second kappa shape index (κ2) is 8.72. The van der Waals surface area contributed by atoms with Gasteiger partial charge in [-0.15, -0.1) is 0 Å². The van der Waals surface area contributed by atoms with Crippen molar-refractivity contribution in [3.63, 3.8) is 0 Å². The Bertz CT molecular complexity index is 1490. The molecule has 1 amide bonds. The van der Waals surface area contributed by atoms with E-state index in [0.717, 1.165) is 17.0 Å². The van der Waals surface area contributed by atoms with Crippen molar-refractivity contribution in [2.45, 2.75) is 17.9 Å². The third kappa shape index (κ3) is 4.35. The molecular formula is C21H20F2N6O4S. The van der Waals surface area contributed by atoms with E-state index in [1.165, 1.54) is 18.5 Å². The predicted octanol–water partition coefficient (Wildman–Crippen LogP) is 1.86. The molecule has 1 fully saturated rings. The lowest BCUT2D eigenvalue weighted by atomic mass is 10.2. The molecule has 10 nitrogen and oxygen atoms in total. The molecule has 5 rings (SSSR count). The van der Waals surface area contributed by atoms with Crippen molar-refractivity contribution in [1.29, 1.82) is 0 Å². The highest BCUT2D eigenvalue weighted by atomic mass is 32.2. The van der Waals surface area contributed by atoms with Crippen LogP contribution in [0.2, 0.25) is 0 Å². The minimum atomic E-state index is -3.78. The zero-order valence-corrected chi connectivity index (χ0v) is 18.7. The second-order valence-corrected chi connectivity index (χ2v) is 10.1. The zero-order valence-electron chi connectivity index (χ0n) is 17.9. The van der Waals surface area contributed by atoms with E-state index in [-0.39, 0.29) is 22.9 Å². The van der Waals surface area contributed by atoms with E-state index in [0.29, 0.717) is 49.0 Å². The first-order valence-electron chi connectivity index (χ1n) is 10.5. The van der Waals surface area contributed by atoms with Gasteiger partial charge in [-0.2, -0.15) is 5.10 Å². The van der Waals surface area contributed by atoms with Gasteiger partial charge in [0.05, 0.1) is 41.2 Å². The van der Waals surface area contributed by atoms with Crippen LogP contribution in [0.25, 0.3) is 16.6 Å². The topological polar surface area (TPSA) is 123 Å². The van der Waals surface area contributed by atoms with Crippen molar-refractivity contribution in [2.75, 3.05) is 26.3 Å². The first-order valence-corrected chi connectivity index (χ1v) is 12.3. The second-order valence-electron chi connectivity index (χ2n) is 8.03. The van der Waals surface area contributed by atoms with E-state index >= 15 is 0 Å². The van der Waals surface area contributed by atoms with Crippen LogP contribution >= 0.6 is 0 Å². The number of nitrogens with one attached hydrogen (secondary N) is 1. The maximum atomic E-state index is 13.9. The summed E-state index contributed by atoms with van der Waals surface area (Å²) >= 11 is 0. The van der Waals surface area contributed by atoms with Crippen LogP contribution in [0.3, 0.4) is 0 Å². The highest BCUT2D eigenvalue weighted by molar-refractivity contribution is 7.89. The molecule has 0 unspecified atom stereocenters. The van der Waals surface area contributed by atoms with Crippen LogP contribution in [0.4, 0.5) is 8.78 Å². The average molecular weight is 490 g/mol. The lowest BCUT2D eigenvalue weighted by Gasteiger charge is -2.18. The number of nitrogens with zero attached hydrogens (tertiary/aromatic N) is 5. The summed E-state index contributed by atoms with van der Waals surface area (Å²) < 4.78 is 59.7. The van der Waals surface area contributed by atoms with Gasteiger partial charge in [-0.25, -0.2) is 22.2 Å². The third-order valence-electron chi connectivity index (χ3n) is 5.58. The number of pyridine rings is 2. The number of carbonyl (C=O) groups excluding carboxylic acids is 1.